The number of aromatic nitrogens is 2. The predicted octanol–water partition coefficient (Wildman–Crippen LogP) is 6.60. The molecule has 13 heteroatoms. The van der Waals surface area contributed by atoms with E-state index in [2.05, 4.69) is 46.7 Å². The lowest BCUT2D eigenvalue weighted by Gasteiger charge is -2.33. The highest BCUT2D eigenvalue weighted by atomic mass is 79.9. The minimum Gasteiger partial charge on any atom is -0.444 e. The van der Waals surface area contributed by atoms with Crippen LogP contribution in [0, 0.1) is 11.6 Å². The number of rotatable bonds is 3. The summed E-state index contributed by atoms with van der Waals surface area (Å²) in [5.74, 6) is 0.126. The highest BCUT2D eigenvalue weighted by molar-refractivity contribution is 9.10. The van der Waals surface area contributed by atoms with E-state index in [0.717, 1.165) is 63.9 Å². The van der Waals surface area contributed by atoms with Gasteiger partial charge in [0.15, 0.2) is 0 Å². The molecule has 0 bridgehead atoms. The van der Waals surface area contributed by atoms with E-state index in [1.54, 1.807) is 12.1 Å². The van der Waals surface area contributed by atoms with E-state index in [-0.39, 0.29) is 43.3 Å². The fraction of sp³-hybridized carbons (Fsp3) is 0.613. The lowest BCUT2D eigenvalue weighted by Crippen LogP contribution is -2.46. The molecule has 0 saturated carbocycles. The zero-order valence-electron chi connectivity index (χ0n) is 25.9. The van der Waals surface area contributed by atoms with Gasteiger partial charge in [0.25, 0.3) is 0 Å². The molecule has 2 fully saturated rings. The predicted molar refractivity (Wildman–Crippen MR) is 173 cm³/mol. The van der Waals surface area contributed by atoms with E-state index in [4.69, 9.17) is 9.47 Å². The zero-order chi connectivity index (χ0) is 32.0. The molecule has 0 radical (unpaired) electrons. The van der Waals surface area contributed by atoms with Crippen LogP contribution >= 0.6 is 15.9 Å². The number of alkyl carbamates (subject to hydrolysis) is 2. The first kappa shape index (κ1) is 39.0. The first-order chi connectivity index (χ1) is 20.1. The SMILES string of the molecule is C.CC(C)(C)OC(=O)NC1CCN(c2ccc(F)cn2)CC1.CC(C)(C)OC(=O)NC1CCNCC1.Fc1ccc(Br)nc1. The van der Waals surface area contributed by atoms with E-state index in [0.29, 0.717) is 4.60 Å². The molecule has 3 N–H and O–H groups in total. The van der Waals surface area contributed by atoms with Crippen LogP contribution in [0.5, 0.6) is 0 Å². The summed E-state index contributed by atoms with van der Waals surface area (Å²) in [7, 11) is 0. The van der Waals surface area contributed by atoms with Crippen LogP contribution in [0.4, 0.5) is 24.2 Å². The second-order valence-corrected chi connectivity index (χ2v) is 13.0. The van der Waals surface area contributed by atoms with Crippen molar-refractivity contribution in [2.75, 3.05) is 31.1 Å². The van der Waals surface area contributed by atoms with Crippen molar-refractivity contribution in [3.8, 4) is 0 Å². The monoisotopic (exact) mass is 686 g/mol. The van der Waals surface area contributed by atoms with E-state index in [9.17, 15) is 18.4 Å². The third-order valence-electron chi connectivity index (χ3n) is 6.00. The van der Waals surface area contributed by atoms with Gasteiger partial charge in [-0.15, -0.1) is 0 Å². The summed E-state index contributed by atoms with van der Waals surface area (Å²) in [5.41, 5.74) is -0.889. The van der Waals surface area contributed by atoms with E-state index in [1.807, 2.05) is 41.5 Å². The molecule has 4 rings (SSSR count). The molecule has 2 aromatic rings. The summed E-state index contributed by atoms with van der Waals surface area (Å²) in [5, 5.41) is 9.01. The molecule has 10 nitrogen and oxygen atoms in total. The number of hydrogen-bond donors (Lipinski definition) is 3. The molecule has 2 aromatic heterocycles. The number of carbonyl (C=O) groups is 2. The maximum atomic E-state index is 12.9. The number of hydrogen-bond acceptors (Lipinski definition) is 8. The lowest BCUT2D eigenvalue weighted by atomic mass is 10.1. The summed E-state index contributed by atoms with van der Waals surface area (Å²) in [6.07, 6.45) is 5.31. The van der Waals surface area contributed by atoms with E-state index in [1.165, 1.54) is 18.3 Å². The Kier molecular flexibility index (Phi) is 16.5. The number of ether oxygens (including phenoxy) is 2. The standard InChI is InChI=1S/C15H22FN3O2.C10H20N2O2.C5H3BrFN.CH4/c1-15(2,3)21-14(20)18-12-6-8-19(9-7-12)13-5-4-11(16)10-17-13;1-10(2,3)14-9(13)12-8-4-6-11-7-5-8;6-5-2-1-4(7)3-8-5;/h4-5,10,12H,6-9H2,1-3H3,(H,18,20);8,11H,4-7H2,1-3H3,(H,12,13);1-3H;1H4. The summed E-state index contributed by atoms with van der Waals surface area (Å²) in [6.45, 7) is 14.6. The molecular weight excluding hydrogens is 638 g/mol. The van der Waals surface area contributed by atoms with Crippen LogP contribution in [0.25, 0.3) is 0 Å². The number of nitrogens with one attached hydrogen (secondary N) is 3. The van der Waals surface area contributed by atoms with Gasteiger partial charge in [-0.2, -0.15) is 0 Å². The molecule has 2 aliphatic heterocycles. The van der Waals surface area contributed by atoms with Gasteiger partial charge in [-0.25, -0.2) is 28.3 Å². The molecule has 2 saturated heterocycles. The number of anilines is 1. The van der Waals surface area contributed by atoms with Crippen molar-refractivity contribution in [3.05, 3.63) is 52.9 Å². The normalized spacial score (nSPS) is 15.7. The van der Waals surface area contributed by atoms with Crippen molar-refractivity contribution < 1.29 is 27.8 Å². The maximum absolute atomic E-state index is 12.9. The van der Waals surface area contributed by atoms with Gasteiger partial charge in [0.1, 0.15) is 33.3 Å². The molecular formula is C31H49BrF2N6O4. The Balaban J connectivity index is 0.000000362. The second-order valence-electron chi connectivity index (χ2n) is 12.2. The van der Waals surface area contributed by atoms with Crippen molar-refractivity contribution >= 4 is 33.9 Å². The number of carbonyl (C=O) groups excluding carboxylic acids is 2. The Labute approximate surface area is 269 Å². The summed E-state index contributed by atoms with van der Waals surface area (Å²) < 4.78 is 35.9. The molecule has 44 heavy (non-hydrogen) atoms. The van der Waals surface area contributed by atoms with Gasteiger partial charge in [0.2, 0.25) is 0 Å². The molecule has 0 spiro atoms. The van der Waals surface area contributed by atoms with Crippen LogP contribution in [-0.2, 0) is 9.47 Å². The minimum atomic E-state index is -0.483. The summed E-state index contributed by atoms with van der Waals surface area (Å²) in [6, 6.07) is 6.36. The van der Waals surface area contributed by atoms with E-state index >= 15 is 0 Å². The molecule has 0 unspecified atom stereocenters. The molecule has 0 aromatic carbocycles. The Morgan fingerprint density at radius 3 is 1.66 bits per heavy atom. The maximum Gasteiger partial charge on any atom is 0.407 e. The fourth-order valence-corrected chi connectivity index (χ4v) is 4.32. The molecule has 4 heterocycles. The van der Waals surface area contributed by atoms with Crippen molar-refractivity contribution in [1.82, 2.24) is 25.9 Å². The highest BCUT2D eigenvalue weighted by Gasteiger charge is 2.24. The van der Waals surface area contributed by atoms with Gasteiger partial charge in [-0.05, 0) is 121 Å². The zero-order valence-corrected chi connectivity index (χ0v) is 27.5. The molecule has 248 valence electrons. The van der Waals surface area contributed by atoms with Crippen LogP contribution in [0.1, 0.15) is 74.7 Å². The average Bonchev–Trinajstić information content (AvgIpc) is 2.90. The Hall–Kier alpha value is -3.06. The first-order valence-electron chi connectivity index (χ1n) is 14.4. The molecule has 0 atom stereocenters. The van der Waals surface area contributed by atoms with Crippen molar-refractivity contribution in [2.45, 2.75) is 97.9 Å². The van der Waals surface area contributed by atoms with Crippen molar-refractivity contribution in [2.24, 2.45) is 0 Å². The summed E-state index contributed by atoms with van der Waals surface area (Å²) in [4.78, 5) is 32.9. The van der Waals surface area contributed by atoms with Gasteiger partial charge < -0.3 is 30.3 Å². The van der Waals surface area contributed by atoms with Crippen LogP contribution in [0.15, 0.2) is 41.3 Å². The summed E-state index contributed by atoms with van der Waals surface area (Å²) >= 11 is 3.07. The lowest BCUT2D eigenvalue weighted by molar-refractivity contribution is 0.0484. The van der Waals surface area contributed by atoms with E-state index < -0.39 is 11.2 Å². The topological polar surface area (TPSA) is 118 Å². The third-order valence-corrected chi connectivity index (χ3v) is 6.47. The van der Waals surface area contributed by atoms with Crippen LogP contribution < -0.4 is 20.9 Å². The van der Waals surface area contributed by atoms with Gasteiger partial charge in [-0.3, -0.25) is 0 Å². The highest BCUT2D eigenvalue weighted by Crippen LogP contribution is 2.18. The first-order valence-corrected chi connectivity index (χ1v) is 15.2. The number of nitrogens with zero attached hydrogens (tertiary/aromatic N) is 3. The second kappa shape index (κ2) is 18.7. The van der Waals surface area contributed by atoms with Crippen LogP contribution in [0.2, 0.25) is 0 Å². The fourth-order valence-electron chi connectivity index (χ4n) is 4.08. The Morgan fingerprint density at radius 1 is 0.818 bits per heavy atom. The number of pyridine rings is 2. The Bertz CT molecular complexity index is 1090. The largest absolute Gasteiger partial charge is 0.444 e. The average molecular weight is 688 g/mol. The molecule has 2 amide bonds. The molecule has 2 aliphatic rings. The number of piperidine rings is 2. The van der Waals surface area contributed by atoms with Gasteiger partial charge in [0.05, 0.1) is 12.4 Å². The number of amides is 2. The number of halogens is 3. The third kappa shape index (κ3) is 17.3. The Morgan fingerprint density at radius 2 is 1.27 bits per heavy atom. The quantitative estimate of drug-likeness (QED) is 0.310. The minimum absolute atomic E-state index is 0. The van der Waals surface area contributed by atoms with Gasteiger partial charge >= 0.3 is 12.2 Å². The van der Waals surface area contributed by atoms with Gasteiger partial charge in [-0.1, -0.05) is 7.43 Å². The van der Waals surface area contributed by atoms with Crippen molar-refractivity contribution in [3.63, 3.8) is 0 Å². The van der Waals surface area contributed by atoms with Crippen molar-refractivity contribution in [1.29, 1.82) is 0 Å². The van der Waals surface area contributed by atoms with Gasteiger partial charge in [0, 0.05) is 25.2 Å². The van der Waals surface area contributed by atoms with Crippen LogP contribution in [-0.4, -0.2) is 71.6 Å². The van der Waals surface area contributed by atoms with Crippen LogP contribution in [0.3, 0.4) is 0 Å². The smallest absolute Gasteiger partial charge is 0.407 e. The molecule has 0 aliphatic carbocycles.